The molecule has 0 bridgehead atoms. The monoisotopic (exact) mass is 254 g/mol. The minimum absolute atomic E-state index is 0.171. The number of carbonyl (C=O) groups is 2. The molecular formula is C12H15FN2O3. The molecule has 0 aromatic heterocycles. The summed E-state index contributed by atoms with van der Waals surface area (Å²) in [5.74, 6) is -1.94. The smallest absolute Gasteiger partial charge is 0.323 e. The molecule has 0 heterocycles. The molecule has 1 aromatic rings. The maximum absolute atomic E-state index is 12.9. The van der Waals surface area contributed by atoms with Crippen molar-refractivity contribution >= 4 is 17.6 Å². The van der Waals surface area contributed by atoms with Crippen LogP contribution in [0.3, 0.4) is 0 Å². The van der Waals surface area contributed by atoms with Gasteiger partial charge >= 0.3 is 5.97 Å². The summed E-state index contributed by atoms with van der Waals surface area (Å²) in [7, 11) is 0. The highest BCUT2D eigenvalue weighted by atomic mass is 19.1. The third kappa shape index (κ3) is 4.14. The van der Waals surface area contributed by atoms with E-state index in [4.69, 9.17) is 5.11 Å². The van der Waals surface area contributed by atoms with Gasteiger partial charge in [0.15, 0.2) is 0 Å². The van der Waals surface area contributed by atoms with E-state index >= 15 is 0 Å². The number of nitrogens with one attached hydrogen (secondary N) is 2. The van der Waals surface area contributed by atoms with Gasteiger partial charge in [-0.05, 0) is 32.0 Å². The molecule has 0 aliphatic rings. The Morgan fingerprint density at radius 2 is 2.06 bits per heavy atom. The van der Waals surface area contributed by atoms with Crippen LogP contribution in [0.25, 0.3) is 0 Å². The quantitative estimate of drug-likeness (QED) is 0.738. The van der Waals surface area contributed by atoms with Crippen LogP contribution in [0.5, 0.6) is 0 Å². The molecule has 98 valence electrons. The Labute approximate surface area is 104 Å². The molecule has 1 rings (SSSR count). The Morgan fingerprint density at radius 3 is 2.61 bits per heavy atom. The van der Waals surface area contributed by atoms with E-state index in [0.29, 0.717) is 5.69 Å². The van der Waals surface area contributed by atoms with Crippen molar-refractivity contribution in [1.29, 1.82) is 0 Å². The highest BCUT2D eigenvalue weighted by Gasteiger charge is 2.26. The number of anilines is 1. The van der Waals surface area contributed by atoms with E-state index in [-0.39, 0.29) is 6.54 Å². The molecule has 0 radical (unpaired) electrons. The summed E-state index contributed by atoms with van der Waals surface area (Å²) < 4.78 is 12.9. The van der Waals surface area contributed by atoms with Crippen LogP contribution in [0.2, 0.25) is 0 Å². The number of aliphatic carboxylic acids is 1. The number of carboxylic acids is 1. The number of halogens is 1. The summed E-state index contributed by atoms with van der Waals surface area (Å²) in [6, 6.07) is 5.46. The number of hydrogen-bond acceptors (Lipinski definition) is 3. The van der Waals surface area contributed by atoms with Gasteiger partial charge in [-0.15, -0.1) is 0 Å². The largest absolute Gasteiger partial charge is 0.480 e. The molecule has 18 heavy (non-hydrogen) atoms. The molecule has 0 aliphatic carbocycles. The van der Waals surface area contributed by atoms with Gasteiger partial charge in [-0.3, -0.25) is 14.9 Å². The number of benzene rings is 1. The van der Waals surface area contributed by atoms with Gasteiger partial charge in [0.05, 0.1) is 6.54 Å². The van der Waals surface area contributed by atoms with Crippen molar-refractivity contribution in [3.63, 3.8) is 0 Å². The molecule has 0 saturated carbocycles. The fourth-order valence-electron chi connectivity index (χ4n) is 1.15. The molecule has 1 amide bonds. The highest BCUT2D eigenvalue weighted by Crippen LogP contribution is 2.08. The second-order valence-electron chi connectivity index (χ2n) is 4.34. The van der Waals surface area contributed by atoms with E-state index in [0.717, 1.165) is 0 Å². The van der Waals surface area contributed by atoms with E-state index in [1.54, 1.807) is 6.07 Å². The SMILES string of the molecule is CC(C)(NCC(=O)Nc1cccc(F)c1)C(=O)O. The molecule has 5 nitrogen and oxygen atoms in total. The van der Waals surface area contributed by atoms with Crippen molar-refractivity contribution in [3.8, 4) is 0 Å². The van der Waals surface area contributed by atoms with Crippen molar-refractivity contribution in [2.75, 3.05) is 11.9 Å². The molecule has 0 spiro atoms. The predicted octanol–water partition coefficient (Wildman–Crippen LogP) is 1.22. The summed E-state index contributed by atoms with van der Waals surface area (Å²) >= 11 is 0. The minimum Gasteiger partial charge on any atom is -0.480 e. The van der Waals surface area contributed by atoms with E-state index in [9.17, 15) is 14.0 Å². The first-order valence-corrected chi connectivity index (χ1v) is 5.35. The van der Waals surface area contributed by atoms with Crippen LogP contribution in [-0.2, 0) is 9.59 Å². The molecule has 0 atom stereocenters. The van der Waals surface area contributed by atoms with Gasteiger partial charge in [0.25, 0.3) is 0 Å². The summed E-state index contributed by atoms with van der Waals surface area (Å²) in [4.78, 5) is 22.3. The maximum atomic E-state index is 12.9. The lowest BCUT2D eigenvalue weighted by Crippen LogP contribution is -2.49. The van der Waals surface area contributed by atoms with Gasteiger partial charge in [0.2, 0.25) is 5.91 Å². The van der Waals surface area contributed by atoms with Crippen molar-refractivity contribution in [2.45, 2.75) is 19.4 Å². The van der Waals surface area contributed by atoms with Gasteiger partial charge < -0.3 is 10.4 Å². The Bertz CT molecular complexity index is 460. The molecule has 0 fully saturated rings. The first-order valence-electron chi connectivity index (χ1n) is 5.35. The Hall–Kier alpha value is -1.95. The predicted molar refractivity (Wildman–Crippen MR) is 64.7 cm³/mol. The van der Waals surface area contributed by atoms with Crippen molar-refractivity contribution in [1.82, 2.24) is 5.32 Å². The van der Waals surface area contributed by atoms with E-state index in [2.05, 4.69) is 10.6 Å². The lowest BCUT2D eigenvalue weighted by atomic mass is 10.1. The van der Waals surface area contributed by atoms with E-state index in [1.165, 1.54) is 32.0 Å². The highest BCUT2D eigenvalue weighted by molar-refractivity contribution is 5.92. The van der Waals surface area contributed by atoms with Crippen LogP contribution < -0.4 is 10.6 Å². The number of rotatable bonds is 5. The van der Waals surface area contributed by atoms with Crippen LogP contribution in [0.4, 0.5) is 10.1 Å². The van der Waals surface area contributed by atoms with Crippen LogP contribution in [-0.4, -0.2) is 29.1 Å². The van der Waals surface area contributed by atoms with Crippen molar-refractivity contribution in [3.05, 3.63) is 30.1 Å². The first-order chi connectivity index (χ1) is 8.31. The standard InChI is InChI=1S/C12H15FN2O3/c1-12(2,11(17)18)14-7-10(16)15-9-5-3-4-8(13)6-9/h3-6,14H,7H2,1-2H3,(H,15,16)(H,17,18). The molecular weight excluding hydrogens is 239 g/mol. The van der Waals surface area contributed by atoms with Gasteiger partial charge in [-0.25, -0.2) is 4.39 Å². The van der Waals surface area contributed by atoms with Crippen molar-refractivity contribution in [2.24, 2.45) is 0 Å². The molecule has 0 unspecified atom stereocenters. The fourth-order valence-corrected chi connectivity index (χ4v) is 1.15. The van der Waals surface area contributed by atoms with E-state index in [1.807, 2.05) is 0 Å². The minimum atomic E-state index is -1.20. The number of carboxylic acid groups (broad SMARTS) is 1. The van der Waals surface area contributed by atoms with Crippen LogP contribution in [0, 0.1) is 5.82 Å². The second-order valence-corrected chi connectivity index (χ2v) is 4.34. The fraction of sp³-hybridized carbons (Fsp3) is 0.333. The van der Waals surface area contributed by atoms with Crippen LogP contribution in [0.1, 0.15) is 13.8 Å². The number of amides is 1. The Kier molecular flexibility index (Phi) is 4.38. The summed E-state index contributed by atoms with van der Waals surface area (Å²) in [5.41, 5.74) is -0.867. The third-order valence-electron chi connectivity index (χ3n) is 2.33. The lowest BCUT2D eigenvalue weighted by Gasteiger charge is -2.20. The zero-order valence-corrected chi connectivity index (χ0v) is 10.2. The zero-order chi connectivity index (χ0) is 13.8. The molecule has 0 aliphatic heterocycles. The number of hydrogen-bond donors (Lipinski definition) is 3. The molecule has 0 saturated heterocycles. The van der Waals surface area contributed by atoms with Crippen molar-refractivity contribution < 1.29 is 19.1 Å². The molecule has 1 aromatic carbocycles. The molecule has 6 heteroatoms. The summed E-state index contributed by atoms with van der Waals surface area (Å²) in [6.07, 6.45) is 0. The lowest BCUT2D eigenvalue weighted by molar-refractivity contribution is -0.143. The third-order valence-corrected chi connectivity index (χ3v) is 2.33. The number of carbonyl (C=O) groups excluding carboxylic acids is 1. The first kappa shape index (κ1) is 14.1. The Morgan fingerprint density at radius 1 is 1.39 bits per heavy atom. The average Bonchev–Trinajstić information content (AvgIpc) is 2.26. The zero-order valence-electron chi connectivity index (χ0n) is 10.2. The van der Waals surface area contributed by atoms with Crippen LogP contribution in [0.15, 0.2) is 24.3 Å². The molecule has 3 N–H and O–H groups in total. The maximum Gasteiger partial charge on any atom is 0.323 e. The summed E-state index contributed by atoms with van der Waals surface area (Å²) in [6.45, 7) is 2.73. The Balaban J connectivity index is 2.50. The second kappa shape index (κ2) is 5.59. The normalized spacial score (nSPS) is 11.1. The van der Waals surface area contributed by atoms with Gasteiger partial charge in [-0.2, -0.15) is 0 Å². The topological polar surface area (TPSA) is 78.4 Å². The van der Waals surface area contributed by atoms with Gasteiger partial charge in [-0.1, -0.05) is 6.07 Å². The van der Waals surface area contributed by atoms with Gasteiger partial charge in [0, 0.05) is 5.69 Å². The summed E-state index contributed by atoms with van der Waals surface area (Å²) in [5, 5.41) is 13.9. The van der Waals surface area contributed by atoms with Gasteiger partial charge in [0.1, 0.15) is 11.4 Å². The van der Waals surface area contributed by atoms with Crippen LogP contribution >= 0.6 is 0 Å². The van der Waals surface area contributed by atoms with E-state index < -0.39 is 23.2 Å². The average molecular weight is 254 g/mol.